The zero-order chi connectivity index (χ0) is 17.5. The van der Waals surface area contributed by atoms with Crippen molar-refractivity contribution in [3.05, 3.63) is 24.3 Å². The molecular formula is C17H23N3O3S. The van der Waals surface area contributed by atoms with Crippen molar-refractivity contribution in [1.82, 2.24) is 14.8 Å². The molecule has 1 unspecified atom stereocenters. The molecule has 0 N–H and O–H groups in total. The van der Waals surface area contributed by atoms with Crippen LogP contribution in [-0.4, -0.2) is 40.2 Å². The summed E-state index contributed by atoms with van der Waals surface area (Å²) in [5, 5.41) is 9.01. The van der Waals surface area contributed by atoms with Gasteiger partial charge in [0.1, 0.15) is 11.0 Å². The van der Waals surface area contributed by atoms with Crippen molar-refractivity contribution >= 4 is 17.7 Å². The number of aromatic nitrogens is 3. The maximum atomic E-state index is 11.7. The second-order valence-corrected chi connectivity index (χ2v) is 6.63. The number of benzene rings is 1. The Morgan fingerprint density at radius 3 is 2.54 bits per heavy atom. The van der Waals surface area contributed by atoms with Crippen LogP contribution in [0.3, 0.4) is 0 Å². The largest absolute Gasteiger partial charge is 0.497 e. The van der Waals surface area contributed by atoms with Gasteiger partial charge in [0.05, 0.1) is 14.2 Å². The van der Waals surface area contributed by atoms with E-state index in [-0.39, 0.29) is 11.2 Å². The lowest BCUT2D eigenvalue weighted by Crippen LogP contribution is -2.16. The van der Waals surface area contributed by atoms with Gasteiger partial charge in [-0.15, -0.1) is 10.2 Å². The van der Waals surface area contributed by atoms with Gasteiger partial charge in [-0.1, -0.05) is 25.1 Å². The first-order valence-electron chi connectivity index (χ1n) is 7.92. The number of thioether (sulfide) groups is 1. The highest BCUT2D eigenvalue weighted by atomic mass is 32.2. The molecule has 0 saturated carbocycles. The van der Waals surface area contributed by atoms with Gasteiger partial charge in [-0.3, -0.25) is 4.79 Å². The highest BCUT2D eigenvalue weighted by Crippen LogP contribution is 2.28. The SMILES string of the molecule is CCCCn1c(SC(C)C(=O)OC)nnc1-c1ccc(OC)cc1. The topological polar surface area (TPSA) is 66.2 Å². The Bertz CT molecular complexity index is 670. The predicted molar refractivity (Wildman–Crippen MR) is 94.3 cm³/mol. The number of methoxy groups -OCH3 is 2. The standard InChI is InChI=1S/C17H23N3O3S/c1-5-6-11-20-15(13-7-9-14(22-3)10-8-13)18-19-17(20)24-12(2)16(21)23-4/h7-10,12H,5-6,11H2,1-4H3. The van der Waals surface area contributed by atoms with Crippen LogP contribution in [-0.2, 0) is 16.1 Å². The summed E-state index contributed by atoms with van der Waals surface area (Å²) in [4.78, 5) is 11.7. The summed E-state index contributed by atoms with van der Waals surface area (Å²) in [5.41, 5.74) is 0.969. The number of hydrogen-bond acceptors (Lipinski definition) is 6. The minimum absolute atomic E-state index is 0.268. The van der Waals surface area contributed by atoms with Crippen molar-refractivity contribution in [3.63, 3.8) is 0 Å². The molecule has 24 heavy (non-hydrogen) atoms. The Morgan fingerprint density at radius 1 is 1.25 bits per heavy atom. The van der Waals surface area contributed by atoms with Crippen LogP contribution in [0.1, 0.15) is 26.7 Å². The van der Waals surface area contributed by atoms with E-state index in [4.69, 9.17) is 9.47 Å². The summed E-state index contributed by atoms with van der Waals surface area (Å²) in [7, 11) is 3.03. The Kier molecular flexibility index (Phi) is 6.66. The van der Waals surface area contributed by atoms with Crippen LogP contribution >= 0.6 is 11.8 Å². The van der Waals surface area contributed by atoms with E-state index >= 15 is 0 Å². The molecule has 1 heterocycles. The first-order valence-corrected chi connectivity index (χ1v) is 8.80. The number of rotatable bonds is 8. The molecule has 0 aliphatic carbocycles. The van der Waals surface area contributed by atoms with E-state index in [0.717, 1.165) is 41.7 Å². The van der Waals surface area contributed by atoms with E-state index in [1.807, 2.05) is 31.2 Å². The lowest BCUT2D eigenvalue weighted by Gasteiger charge is -2.12. The number of unbranched alkanes of at least 4 members (excludes halogenated alkanes) is 1. The highest BCUT2D eigenvalue weighted by Gasteiger charge is 2.21. The third kappa shape index (κ3) is 4.29. The Labute approximate surface area is 146 Å². The number of carbonyl (C=O) groups excluding carboxylic acids is 1. The first kappa shape index (κ1) is 18.3. The number of carbonyl (C=O) groups is 1. The van der Waals surface area contributed by atoms with Crippen LogP contribution < -0.4 is 4.74 Å². The zero-order valence-electron chi connectivity index (χ0n) is 14.5. The van der Waals surface area contributed by atoms with Crippen LogP contribution in [0.4, 0.5) is 0 Å². The van der Waals surface area contributed by atoms with Gasteiger partial charge < -0.3 is 14.0 Å². The summed E-state index contributed by atoms with van der Waals surface area (Å²) in [6.45, 7) is 4.75. The van der Waals surface area contributed by atoms with Gasteiger partial charge in [-0.25, -0.2) is 0 Å². The third-order valence-electron chi connectivity index (χ3n) is 3.62. The summed E-state index contributed by atoms with van der Waals surface area (Å²) < 4.78 is 12.1. The molecule has 0 aliphatic rings. The Morgan fingerprint density at radius 2 is 1.96 bits per heavy atom. The lowest BCUT2D eigenvalue weighted by atomic mass is 10.2. The maximum absolute atomic E-state index is 11.7. The van der Waals surface area contributed by atoms with Crippen LogP contribution in [0.2, 0.25) is 0 Å². The Balaban J connectivity index is 2.31. The van der Waals surface area contributed by atoms with E-state index in [2.05, 4.69) is 21.7 Å². The molecule has 0 saturated heterocycles. The van der Waals surface area contributed by atoms with E-state index < -0.39 is 0 Å². The van der Waals surface area contributed by atoms with Crippen molar-refractivity contribution in [2.75, 3.05) is 14.2 Å². The molecular weight excluding hydrogens is 326 g/mol. The summed E-state index contributed by atoms with van der Waals surface area (Å²) >= 11 is 1.37. The van der Waals surface area contributed by atoms with Crippen LogP contribution in [0.5, 0.6) is 5.75 Å². The molecule has 7 heteroatoms. The molecule has 0 fully saturated rings. The van der Waals surface area contributed by atoms with E-state index in [9.17, 15) is 4.79 Å². The molecule has 2 rings (SSSR count). The number of esters is 1. The molecule has 1 atom stereocenters. The minimum atomic E-state index is -0.330. The number of ether oxygens (including phenoxy) is 2. The molecule has 1 aromatic heterocycles. The van der Waals surface area contributed by atoms with Crippen molar-refractivity contribution in [3.8, 4) is 17.1 Å². The highest BCUT2D eigenvalue weighted by molar-refractivity contribution is 8.00. The van der Waals surface area contributed by atoms with Crippen molar-refractivity contribution < 1.29 is 14.3 Å². The van der Waals surface area contributed by atoms with Gasteiger partial charge in [-0.05, 0) is 37.6 Å². The monoisotopic (exact) mass is 349 g/mol. The quantitative estimate of drug-likeness (QED) is 0.537. The van der Waals surface area contributed by atoms with Crippen molar-refractivity contribution in [2.45, 2.75) is 43.6 Å². The van der Waals surface area contributed by atoms with E-state index in [1.165, 1.54) is 18.9 Å². The van der Waals surface area contributed by atoms with Crippen LogP contribution in [0.15, 0.2) is 29.4 Å². The Hall–Kier alpha value is -2.02. The van der Waals surface area contributed by atoms with Crippen LogP contribution in [0.25, 0.3) is 11.4 Å². The molecule has 0 spiro atoms. The van der Waals surface area contributed by atoms with Gasteiger partial charge in [-0.2, -0.15) is 0 Å². The molecule has 2 aromatic rings. The van der Waals surface area contributed by atoms with Gasteiger partial charge in [0.15, 0.2) is 11.0 Å². The second-order valence-electron chi connectivity index (χ2n) is 5.32. The fraction of sp³-hybridized carbons (Fsp3) is 0.471. The van der Waals surface area contributed by atoms with Crippen molar-refractivity contribution in [2.24, 2.45) is 0 Å². The molecule has 6 nitrogen and oxygen atoms in total. The minimum Gasteiger partial charge on any atom is -0.497 e. The molecule has 130 valence electrons. The fourth-order valence-corrected chi connectivity index (χ4v) is 3.12. The average Bonchev–Trinajstić information content (AvgIpc) is 3.01. The summed E-state index contributed by atoms with van der Waals surface area (Å²) in [6, 6.07) is 7.73. The van der Waals surface area contributed by atoms with Crippen LogP contribution in [0, 0.1) is 0 Å². The maximum Gasteiger partial charge on any atom is 0.318 e. The van der Waals surface area contributed by atoms with E-state index in [0.29, 0.717) is 0 Å². The van der Waals surface area contributed by atoms with Gasteiger partial charge in [0.2, 0.25) is 0 Å². The molecule has 1 aromatic carbocycles. The van der Waals surface area contributed by atoms with Gasteiger partial charge in [0.25, 0.3) is 0 Å². The number of nitrogens with zero attached hydrogens (tertiary/aromatic N) is 3. The normalized spacial score (nSPS) is 12.0. The lowest BCUT2D eigenvalue weighted by molar-refractivity contribution is -0.139. The molecule has 0 amide bonds. The fourth-order valence-electron chi connectivity index (χ4n) is 2.22. The number of hydrogen-bond donors (Lipinski definition) is 0. The summed E-state index contributed by atoms with van der Waals surface area (Å²) in [6.07, 6.45) is 2.08. The van der Waals surface area contributed by atoms with Gasteiger partial charge in [0, 0.05) is 12.1 Å². The first-order chi connectivity index (χ1) is 11.6. The third-order valence-corrected chi connectivity index (χ3v) is 4.67. The average molecular weight is 349 g/mol. The van der Waals surface area contributed by atoms with E-state index in [1.54, 1.807) is 7.11 Å². The van der Waals surface area contributed by atoms with Crippen molar-refractivity contribution in [1.29, 1.82) is 0 Å². The summed E-state index contributed by atoms with van der Waals surface area (Å²) in [5.74, 6) is 1.33. The zero-order valence-corrected chi connectivity index (χ0v) is 15.3. The molecule has 0 bridgehead atoms. The predicted octanol–water partition coefficient (Wildman–Crippen LogP) is 3.41. The smallest absolute Gasteiger partial charge is 0.318 e. The second kappa shape index (κ2) is 8.73. The molecule has 0 aliphatic heterocycles. The molecule has 0 radical (unpaired) electrons. The van der Waals surface area contributed by atoms with Gasteiger partial charge >= 0.3 is 5.97 Å².